The zero-order chi connectivity index (χ0) is 53.3. The van der Waals surface area contributed by atoms with Gasteiger partial charge < -0.3 is 29.9 Å². The first kappa shape index (κ1) is 55.4. The average molecular weight is 1030 g/mol. The van der Waals surface area contributed by atoms with E-state index in [4.69, 9.17) is 14.5 Å². The number of ether oxygens (including phenoxy) is 2. The number of cyclic esters (lactones) is 1. The minimum Gasteiger partial charge on any atom is -0.464 e. The van der Waals surface area contributed by atoms with E-state index >= 15 is 0 Å². The van der Waals surface area contributed by atoms with Crippen molar-refractivity contribution in [3.8, 4) is 0 Å². The van der Waals surface area contributed by atoms with Gasteiger partial charge in [-0.05, 0) is 111 Å². The molecule has 4 aliphatic rings. The zero-order valence-electron chi connectivity index (χ0n) is 44.1. The third-order valence-electron chi connectivity index (χ3n) is 14.4. The number of pyridine rings is 1. The Morgan fingerprint density at radius 3 is 2.49 bits per heavy atom. The second-order valence-corrected chi connectivity index (χ2v) is 20.9. The number of likely N-dealkylation sites (N-methyl/N-ethyl adjacent to an activating group) is 1. The predicted molar refractivity (Wildman–Crippen MR) is 276 cm³/mol. The fourth-order valence-electron chi connectivity index (χ4n) is 10.5. The van der Waals surface area contributed by atoms with Crippen LogP contribution in [0.5, 0.6) is 0 Å². The lowest BCUT2D eigenvalue weighted by atomic mass is 9.82. The number of amides is 5. The van der Waals surface area contributed by atoms with Crippen molar-refractivity contribution in [3.63, 3.8) is 0 Å². The van der Waals surface area contributed by atoms with E-state index in [-0.39, 0.29) is 51.7 Å². The number of carbonyl (C=O) groups is 5. The molecule has 6 heterocycles. The minimum absolute atomic E-state index is 0.0582. The summed E-state index contributed by atoms with van der Waals surface area (Å²) >= 11 is 0. The Labute approximate surface area is 433 Å². The van der Waals surface area contributed by atoms with Crippen molar-refractivity contribution >= 4 is 52.8 Å². The third-order valence-corrected chi connectivity index (χ3v) is 14.4. The largest absolute Gasteiger partial charge is 0.464 e. The minimum atomic E-state index is -3.10. The lowest BCUT2D eigenvalue weighted by Crippen LogP contribution is -2.64. The van der Waals surface area contributed by atoms with Crippen LogP contribution in [0, 0.1) is 11.3 Å². The van der Waals surface area contributed by atoms with E-state index in [1.54, 1.807) is 13.3 Å². The van der Waals surface area contributed by atoms with Gasteiger partial charge in [0.25, 0.3) is 5.91 Å². The van der Waals surface area contributed by atoms with Gasteiger partial charge in [0, 0.05) is 88.9 Å². The average Bonchev–Trinajstić information content (AvgIpc) is 3.83. The highest BCUT2D eigenvalue weighted by atomic mass is 19.3. The molecule has 6 bridgehead atoms. The summed E-state index contributed by atoms with van der Waals surface area (Å²) < 4.78 is 41.5. The molecule has 2 aromatic heterocycles. The molecule has 19 nitrogen and oxygen atoms in total. The standard InChI is InChI=1S/C53H74F2N12O7/c1-9-56-42-19-18-36-27-41(42)39(26-37-14-10-21-57-45(37)35(4)73-8)28-53(5,6)31-74-49(70)43-17-13-24-66(61-43)48(69)44(30-63-22-11-15-38(36)29-63)60-47(68)46(34(2)3)62(7)51(71)64-23-12-16-40(20-25-64)67(50(54)55)52(72)65-32-58-59-33-65/h10,14-15,18-19,21,26-27,32-35,40,43-44,46,50,56,61H,9,11-13,16-17,20,22-25,28-31H2,1-8H3,(H,60,68)/b39-26+/t35-,40?,43-,44-,46-/m0/s1. The zero-order valence-corrected chi connectivity index (χ0v) is 44.1. The number of alkyl halides is 2. The number of nitrogens with zero attached hydrogens (tertiary/aromatic N) is 9. The summed E-state index contributed by atoms with van der Waals surface area (Å²) in [7, 11) is 3.19. The SMILES string of the molecule is CCNc1ccc2cc1/C(=C/c1cccnc1[C@H](C)OC)CC(C)(C)COC(=O)[C@@H]1CCCN(N1)C(=O)[C@@H](NC(=O)[C@H](C(C)C)N(C)C(=O)N1CCCC(N(C(=O)n3cnnc3)C(F)F)CC1)CN1CCC=C2C1. The Morgan fingerprint density at radius 2 is 1.77 bits per heavy atom. The Kier molecular flexibility index (Phi) is 18.6. The van der Waals surface area contributed by atoms with Crippen LogP contribution in [-0.2, 0) is 23.9 Å². The van der Waals surface area contributed by atoms with Gasteiger partial charge in [0.05, 0.1) is 18.4 Å². The fourth-order valence-corrected chi connectivity index (χ4v) is 10.5. The molecule has 4 aliphatic heterocycles. The number of hydrogen-bond acceptors (Lipinski definition) is 13. The second kappa shape index (κ2) is 24.8. The number of methoxy groups -OCH3 is 1. The monoisotopic (exact) mass is 1030 g/mol. The van der Waals surface area contributed by atoms with Crippen molar-refractivity contribution in [3.05, 3.63) is 77.6 Å². The molecule has 402 valence electrons. The van der Waals surface area contributed by atoms with E-state index in [0.717, 1.165) is 56.4 Å². The number of hydrazine groups is 1. The normalized spacial score (nSPS) is 23.2. The number of allylic oxidation sites excluding steroid dienone is 1. The topological polar surface area (TPSA) is 200 Å². The summed E-state index contributed by atoms with van der Waals surface area (Å²) in [4.78, 5) is 81.2. The van der Waals surface area contributed by atoms with Crippen LogP contribution in [-0.4, -0.2) is 171 Å². The van der Waals surface area contributed by atoms with Gasteiger partial charge >= 0.3 is 24.6 Å². The number of halogens is 2. The van der Waals surface area contributed by atoms with Crippen LogP contribution in [0.15, 0.2) is 55.3 Å². The Hall–Kier alpha value is -6.32. The van der Waals surface area contributed by atoms with Gasteiger partial charge in [0.15, 0.2) is 0 Å². The molecular formula is C53H74F2N12O7. The van der Waals surface area contributed by atoms with E-state index in [0.29, 0.717) is 56.6 Å². The molecule has 7 rings (SSSR count). The fraction of sp³-hybridized carbons (Fsp3) is 0.585. The summed E-state index contributed by atoms with van der Waals surface area (Å²) in [6.07, 6.45) is 10.8. The van der Waals surface area contributed by atoms with Gasteiger partial charge in [0.2, 0.25) is 5.91 Å². The summed E-state index contributed by atoms with van der Waals surface area (Å²) in [5.74, 6) is -1.88. The summed E-state index contributed by atoms with van der Waals surface area (Å²) in [6.45, 7) is 11.2. The molecule has 2 fully saturated rings. The summed E-state index contributed by atoms with van der Waals surface area (Å²) in [5.41, 5.74) is 9.32. The molecule has 2 unspecified atom stereocenters. The number of aromatic nitrogens is 4. The van der Waals surface area contributed by atoms with Crippen LogP contribution in [0.2, 0.25) is 0 Å². The number of urea groups is 1. The first-order valence-corrected chi connectivity index (χ1v) is 25.9. The van der Waals surface area contributed by atoms with Crippen LogP contribution in [0.25, 0.3) is 17.2 Å². The van der Waals surface area contributed by atoms with E-state index in [9.17, 15) is 32.8 Å². The highest BCUT2D eigenvalue weighted by Gasteiger charge is 2.40. The smallest absolute Gasteiger partial charge is 0.335 e. The van der Waals surface area contributed by atoms with Crippen molar-refractivity contribution in [1.82, 2.24) is 55.1 Å². The molecule has 0 saturated carbocycles. The Bertz CT molecular complexity index is 2520. The van der Waals surface area contributed by atoms with Crippen molar-refractivity contribution in [1.29, 1.82) is 0 Å². The number of benzene rings is 1. The van der Waals surface area contributed by atoms with E-state index in [2.05, 4.69) is 82.3 Å². The first-order valence-electron chi connectivity index (χ1n) is 25.9. The number of esters is 1. The van der Waals surface area contributed by atoms with Gasteiger partial charge in [-0.15, -0.1) is 10.2 Å². The number of carbonyl (C=O) groups excluding carboxylic acids is 5. The van der Waals surface area contributed by atoms with Gasteiger partial charge in [0.1, 0.15) is 30.8 Å². The molecule has 0 radical (unpaired) electrons. The van der Waals surface area contributed by atoms with Gasteiger partial charge in [-0.2, -0.15) is 8.78 Å². The third kappa shape index (κ3) is 13.3. The van der Waals surface area contributed by atoms with Crippen molar-refractivity contribution in [2.75, 3.05) is 71.9 Å². The molecule has 21 heteroatoms. The molecule has 3 N–H and O–H groups in total. The molecular weight excluding hydrogens is 955 g/mol. The molecule has 0 spiro atoms. The van der Waals surface area contributed by atoms with E-state index in [1.807, 2.05) is 32.9 Å². The quantitative estimate of drug-likeness (QED) is 0.139. The summed E-state index contributed by atoms with van der Waals surface area (Å²) in [5, 5.41) is 15.2. The first-order chi connectivity index (χ1) is 35.4. The maximum absolute atomic E-state index is 14.9. The van der Waals surface area contributed by atoms with Crippen molar-refractivity contribution in [2.24, 2.45) is 11.3 Å². The molecule has 0 aliphatic carbocycles. The molecule has 3 aromatic rings. The number of nitrogens with one attached hydrogen (secondary N) is 3. The lowest BCUT2D eigenvalue weighted by molar-refractivity contribution is -0.155. The van der Waals surface area contributed by atoms with Crippen molar-refractivity contribution < 1.29 is 42.2 Å². The molecule has 5 amide bonds. The number of likely N-dealkylation sites (tertiary alicyclic amines) is 1. The number of hydrogen-bond donors (Lipinski definition) is 3. The highest BCUT2D eigenvalue weighted by Crippen LogP contribution is 2.39. The van der Waals surface area contributed by atoms with Crippen molar-refractivity contribution in [2.45, 2.75) is 123 Å². The number of anilines is 1. The maximum atomic E-state index is 14.9. The molecule has 6 atom stereocenters. The van der Waals surface area contributed by atoms with Gasteiger partial charge in [-0.25, -0.2) is 19.6 Å². The van der Waals surface area contributed by atoms with Gasteiger partial charge in [-0.1, -0.05) is 45.9 Å². The Morgan fingerprint density at radius 1 is 1.01 bits per heavy atom. The second-order valence-electron chi connectivity index (χ2n) is 20.9. The van der Waals surface area contributed by atoms with E-state index < -0.39 is 71.9 Å². The van der Waals surface area contributed by atoms with Crippen LogP contribution in [0.1, 0.15) is 115 Å². The maximum Gasteiger partial charge on any atom is 0.335 e. The number of rotatable bonds is 11. The lowest BCUT2D eigenvalue weighted by Gasteiger charge is -2.39. The van der Waals surface area contributed by atoms with Crippen LogP contribution in [0.3, 0.4) is 0 Å². The highest BCUT2D eigenvalue weighted by molar-refractivity contribution is 5.93. The Balaban J connectivity index is 1.17. The predicted octanol–water partition coefficient (Wildman–Crippen LogP) is 6.52. The molecule has 1 aromatic carbocycles. The van der Waals surface area contributed by atoms with Crippen LogP contribution < -0.4 is 16.1 Å². The van der Waals surface area contributed by atoms with Crippen LogP contribution in [0.4, 0.5) is 24.1 Å². The number of fused-ring (bicyclic) bond motifs is 7. The summed E-state index contributed by atoms with van der Waals surface area (Å²) in [6, 6.07) is 5.06. The van der Waals surface area contributed by atoms with E-state index in [1.165, 1.54) is 21.9 Å². The van der Waals surface area contributed by atoms with Gasteiger partial charge in [-0.3, -0.25) is 34.2 Å². The molecule has 74 heavy (non-hydrogen) atoms. The van der Waals surface area contributed by atoms with Crippen LogP contribution >= 0.6 is 0 Å². The molecule has 2 saturated heterocycles.